The van der Waals surface area contributed by atoms with Gasteiger partial charge in [-0.2, -0.15) is 0 Å². The highest BCUT2D eigenvalue weighted by atomic mass is 127. The minimum Gasteiger partial charge on any atom is -0.356 e. The predicted molar refractivity (Wildman–Crippen MR) is 128 cm³/mol. The molecule has 2 atom stereocenters. The van der Waals surface area contributed by atoms with E-state index in [1.807, 2.05) is 7.05 Å². The molecule has 0 aromatic rings. The van der Waals surface area contributed by atoms with Crippen LogP contribution in [0.25, 0.3) is 0 Å². The molecule has 0 saturated carbocycles. The van der Waals surface area contributed by atoms with Crippen LogP contribution >= 0.6 is 24.0 Å². The first kappa shape index (κ1) is 25.0. The van der Waals surface area contributed by atoms with Crippen molar-refractivity contribution >= 4 is 29.9 Å². The average Bonchev–Trinajstić information content (AvgIpc) is 2.61. The zero-order valence-electron chi connectivity index (χ0n) is 18.2. The van der Waals surface area contributed by atoms with E-state index in [4.69, 9.17) is 0 Å². The maximum atomic E-state index is 4.42. The molecule has 0 aliphatic carbocycles. The first-order valence-electron chi connectivity index (χ1n) is 11.0. The van der Waals surface area contributed by atoms with Crippen molar-refractivity contribution < 1.29 is 0 Å². The van der Waals surface area contributed by atoms with Crippen LogP contribution < -0.4 is 10.6 Å². The molecular formula is C21H44IN5. The predicted octanol–water partition coefficient (Wildman–Crippen LogP) is 3.40. The third-order valence-electron chi connectivity index (χ3n) is 5.83. The summed E-state index contributed by atoms with van der Waals surface area (Å²) < 4.78 is 0. The molecule has 0 aromatic carbocycles. The second-order valence-corrected chi connectivity index (χ2v) is 8.67. The van der Waals surface area contributed by atoms with Gasteiger partial charge in [0.25, 0.3) is 0 Å². The Morgan fingerprint density at radius 3 is 2.26 bits per heavy atom. The van der Waals surface area contributed by atoms with Crippen molar-refractivity contribution in [1.82, 2.24) is 20.4 Å². The monoisotopic (exact) mass is 493 g/mol. The van der Waals surface area contributed by atoms with Crippen molar-refractivity contribution in [3.05, 3.63) is 0 Å². The number of nitrogens with zero attached hydrogens (tertiary/aromatic N) is 3. The van der Waals surface area contributed by atoms with Crippen molar-refractivity contribution in [2.75, 3.05) is 52.9 Å². The molecule has 160 valence electrons. The van der Waals surface area contributed by atoms with Crippen molar-refractivity contribution in [2.24, 2.45) is 16.8 Å². The van der Waals surface area contributed by atoms with E-state index >= 15 is 0 Å². The summed E-state index contributed by atoms with van der Waals surface area (Å²) in [5.74, 6) is 2.71. The van der Waals surface area contributed by atoms with E-state index < -0.39 is 0 Å². The minimum atomic E-state index is 0. The molecule has 2 saturated heterocycles. The van der Waals surface area contributed by atoms with Crippen molar-refractivity contribution in [3.8, 4) is 0 Å². The molecule has 0 aromatic heterocycles. The molecule has 2 N–H and O–H groups in total. The molecule has 2 aliphatic rings. The van der Waals surface area contributed by atoms with E-state index in [0.717, 1.165) is 24.3 Å². The lowest BCUT2D eigenvalue weighted by Crippen LogP contribution is -2.49. The number of hydrogen-bond donors (Lipinski definition) is 2. The van der Waals surface area contributed by atoms with Gasteiger partial charge in [-0.25, -0.2) is 0 Å². The Balaban J connectivity index is 0.00000364. The summed E-state index contributed by atoms with van der Waals surface area (Å²) in [4.78, 5) is 9.66. The largest absolute Gasteiger partial charge is 0.356 e. The third kappa shape index (κ3) is 9.79. The first-order chi connectivity index (χ1) is 12.6. The van der Waals surface area contributed by atoms with Gasteiger partial charge in [-0.3, -0.25) is 4.99 Å². The van der Waals surface area contributed by atoms with Crippen LogP contribution in [0.4, 0.5) is 0 Å². The van der Waals surface area contributed by atoms with Crippen LogP contribution in [0.3, 0.4) is 0 Å². The van der Waals surface area contributed by atoms with E-state index in [9.17, 15) is 0 Å². The van der Waals surface area contributed by atoms with E-state index in [1.54, 1.807) is 0 Å². The van der Waals surface area contributed by atoms with Crippen molar-refractivity contribution in [2.45, 2.75) is 65.3 Å². The van der Waals surface area contributed by atoms with Crippen LogP contribution in [-0.4, -0.2) is 74.7 Å². The summed E-state index contributed by atoms with van der Waals surface area (Å²) in [6.45, 7) is 15.6. The number of likely N-dealkylation sites (tertiary alicyclic amines) is 2. The zero-order chi connectivity index (χ0) is 18.8. The van der Waals surface area contributed by atoms with Gasteiger partial charge in [0.05, 0.1) is 0 Å². The smallest absolute Gasteiger partial charge is 0.191 e. The van der Waals surface area contributed by atoms with Gasteiger partial charge in [0.1, 0.15) is 0 Å². The van der Waals surface area contributed by atoms with Gasteiger partial charge >= 0.3 is 0 Å². The summed E-state index contributed by atoms with van der Waals surface area (Å²) in [7, 11) is 1.89. The Morgan fingerprint density at radius 1 is 1.00 bits per heavy atom. The molecule has 0 amide bonds. The fourth-order valence-corrected chi connectivity index (χ4v) is 4.65. The number of aliphatic imine (C=N–C) groups is 1. The first-order valence-corrected chi connectivity index (χ1v) is 11.0. The molecule has 6 heteroatoms. The Hall–Kier alpha value is -0.0800. The minimum absolute atomic E-state index is 0. The highest BCUT2D eigenvalue weighted by Gasteiger charge is 2.21. The topological polar surface area (TPSA) is 42.9 Å². The summed E-state index contributed by atoms with van der Waals surface area (Å²) in [6, 6.07) is 0.575. The molecule has 0 bridgehead atoms. The zero-order valence-corrected chi connectivity index (χ0v) is 20.5. The number of rotatable bonds is 8. The Labute approximate surface area is 185 Å². The van der Waals surface area contributed by atoms with Crippen LogP contribution in [0.15, 0.2) is 4.99 Å². The number of piperidine rings is 2. The lowest BCUT2D eigenvalue weighted by molar-refractivity contribution is 0.139. The number of hydrogen-bond acceptors (Lipinski definition) is 3. The van der Waals surface area contributed by atoms with Crippen LogP contribution in [-0.2, 0) is 0 Å². The standard InChI is InChI=1S/C21H43N5.HI/c1-5-11-25-13-8-20(9-14-25)24-21(22-4)23-10-6-7-12-26-16-18(2)15-19(3)17-26;/h18-20H,5-17H2,1-4H3,(H2,22,23,24);1H. The highest BCUT2D eigenvalue weighted by molar-refractivity contribution is 14.0. The summed E-state index contributed by atoms with van der Waals surface area (Å²) in [6.07, 6.45) is 7.61. The fraction of sp³-hybridized carbons (Fsp3) is 0.952. The maximum absolute atomic E-state index is 4.42. The van der Waals surface area contributed by atoms with E-state index in [1.165, 1.54) is 77.8 Å². The molecule has 2 fully saturated rings. The van der Waals surface area contributed by atoms with Crippen LogP contribution in [0, 0.1) is 11.8 Å². The molecule has 2 unspecified atom stereocenters. The lowest BCUT2D eigenvalue weighted by atomic mass is 9.92. The van der Waals surface area contributed by atoms with Crippen LogP contribution in [0.1, 0.15) is 59.3 Å². The fourth-order valence-electron chi connectivity index (χ4n) is 4.65. The summed E-state index contributed by atoms with van der Waals surface area (Å²) in [5.41, 5.74) is 0. The van der Waals surface area contributed by atoms with E-state index in [-0.39, 0.29) is 24.0 Å². The Morgan fingerprint density at radius 2 is 1.67 bits per heavy atom. The van der Waals surface area contributed by atoms with Crippen LogP contribution in [0.2, 0.25) is 0 Å². The van der Waals surface area contributed by atoms with Gasteiger partial charge in [0.15, 0.2) is 5.96 Å². The molecule has 5 nitrogen and oxygen atoms in total. The lowest BCUT2D eigenvalue weighted by Gasteiger charge is -2.35. The third-order valence-corrected chi connectivity index (χ3v) is 5.83. The van der Waals surface area contributed by atoms with Crippen LogP contribution in [0.5, 0.6) is 0 Å². The molecule has 2 rings (SSSR count). The Kier molecular flexibility index (Phi) is 12.9. The highest BCUT2D eigenvalue weighted by Crippen LogP contribution is 2.20. The van der Waals surface area contributed by atoms with Gasteiger partial charge < -0.3 is 20.4 Å². The maximum Gasteiger partial charge on any atom is 0.191 e. The normalized spacial score (nSPS) is 25.9. The number of guanidine groups is 1. The van der Waals surface area contributed by atoms with Gasteiger partial charge in [-0.05, 0) is 63.5 Å². The SMILES string of the molecule is CCCN1CCC(NC(=NC)NCCCCN2CC(C)CC(C)C2)CC1.I. The van der Waals surface area contributed by atoms with Crippen molar-refractivity contribution in [3.63, 3.8) is 0 Å². The summed E-state index contributed by atoms with van der Waals surface area (Å²) >= 11 is 0. The quantitative estimate of drug-likeness (QED) is 0.236. The second kappa shape index (κ2) is 14.0. The molecular weight excluding hydrogens is 449 g/mol. The van der Waals surface area contributed by atoms with Gasteiger partial charge in [-0.15, -0.1) is 24.0 Å². The molecule has 2 heterocycles. The molecule has 0 radical (unpaired) electrons. The number of halogens is 1. The average molecular weight is 494 g/mol. The Bertz CT molecular complexity index is 399. The van der Waals surface area contributed by atoms with Gasteiger partial charge in [0, 0.05) is 45.8 Å². The number of unbranched alkanes of at least 4 members (excludes halogenated alkanes) is 1. The summed E-state index contributed by atoms with van der Waals surface area (Å²) in [5, 5.41) is 7.14. The van der Waals surface area contributed by atoms with Gasteiger partial charge in [0.2, 0.25) is 0 Å². The van der Waals surface area contributed by atoms with E-state index in [2.05, 4.69) is 46.2 Å². The molecule has 27 heavy (non-hydrogen) atoms. The second-order valence-electron chi connectivity index (χ2n) is 8.67. The number of nitrogens with one attached hydrogen (secondary N) is 2. The van der Waals surface area contributed by atoms with E-state index in [0.29, 0.717) is 6.04 Å². The molecule has 0 spiro atoms. The molecule has 2 aliphatic heterocycles. The van der Waals surface area contributed by atoms with Gasteiger partial charge in [-0.1, -0.05) is 20.8 Å². The van der Waals surface area contributed by atoms with Crippen molar-refractivity contribution in [1.29, 1.82) is 0 Å².